The highest BCUT2D eigenvalue weighted by atomic mass is 16.1. The SMILES string of the molecule is NC(=O)c1cc(=O)cn[nH]1. The van der Waals surface area contributed by atoms with Crippen LogP contribution < -0.4 is 11.2 Å². The molecule has 10 heavy (non-hydrogen) atoms. The van der Waals surface area contributed by atoms with Crippen molar-refractivity contribution >= 4 is 5.91 Å². The van der Waals surface area contributed by atoms with Crippen molar-refractivity contribution in [3.05, 3.63) is 28.2 Å². The number of aromatic nitrogens is 2. The molecule has 1 aromatic heterocycles. The molecule has 0 aliphatic rings. The standard InChI is InChI=1S/C5H5N3O2/c6-5(10)4-1-3(9)2-7-8-4/h1-2H,(H2,6,10)(H,8,9). The van der Waals surface area contributed by atoms with Crippen molar-refractivity contribution in [3.63, 3.8) is 0 Å². The summed E-state index contributed by atoms with van der Waals surface area (Å²) < 4.78 is 0. The lowest BCUT2D eigenvalue weighted by Crippen LogP contribution is -2.16. The van der Waals surface area contributed by atoms with Crippen LogP contribution >= 0.6 is 0 Å². The second-order valence-electron chi connectivity index (χ2n) is 1.69. The summed E-state index contributed by atoms with van der Waals surface area (Å²) >= 11 is 0. The van der Waals surface area contributed by atoms with Crippen LogP contribution in [0.1, 0.15) is 10.5 Å². The van der Waals surface area contributed by atoms with E-state index in [1.165, 1.54) is 0 Å². The maximum atomic E-state index is 10.5. The molecular formula is C5H5N3O2. The van der Waals surface area contributed by atoms with E-state index in [0.717, 1.165) is 12.3 Å². The second-order valence-corrected chi connectivity index (χ2v) is 1.69. The number of carbonyl (C=O) groups is 1. The van der Waals surface area contributed by atoms with Gasteiger partial charge in [-0.3, -0.25) is 14.7 Å². The van der Waals surface area contributed by atoms with E-state index >= 15 is 0 Å². The number of nitrogens with two attached hydrogens (primary N) is 1. The molecule has 1 aromatic rings. The van der Waals surface area contributed by atoms with E-state index in [-0.39, 0.29) is 11.1 Å². The molecule has 0 spiro atoms. The van der Waals surface area contributed by atoms with Crippen LogP contribution in [0.5, 0.6) is 0 Å². The van der Waals surface area contributed by atoms with Crippen LogP contribution in [0.3, 0.4) is 0 Å². The zero-order valence-corrected chi connectivity index (χ0v) is 5.00. The lowest BCUT2D eigenvalue weighted by molar-refractivity contribution is 0.0994. The largest absolute Gasteiger partial charge is 0.364 e. The lowest BCUT2D eigenvalue weighted by atomic mass is 10.4. The van der Waals surface area contributed by atoms with Crippen molar-refractivity contribution in [2.24, 2.45) is 5.73 Å². The van der Waals surface area contributed by atoms with Crippen molar-refractivity contribution in [3.8, 4) is 0 Å². The van der Waals surface area contributed by atoms with Gasteiger partial charge in [-0.15, -0.1) is 0 Å². The van der Waals surface area contributed by atoms with Crippen LogP contribution in [-0.2, 0) is 0 Å². The van der Waals surface area contributed by atoms with Crippen LogP contribution in [0.15, 0.2) is 17.1 Å². The van der Waals surface area contributed by atoms with Crippen LogP contribution in [0.4, 0.5) is 0 Å². The molecule has 0 radical (unpaired) electrons. The highest BCUT2D eigenvalue weighted by Crippen LogP contribution is 1.81. The topological polar surface area (TPSA) is 88.8 Å². The molecule has 0 saturated heterocycles. The minimum absolute atomic E-state index is 0.0208. The van der Waals surface area contributed by atoms with Gasteiger partial charge >= 0.3 is 0 Å². The summed E-state index contributed by atoms with van der Waals surface area (Å²) in [6, 6.07) is 1.09. The van der Waals surface area contributed by atoms with Gasteiger partial charge in [0.2, 0.25) is 5.43 Å². The molecule has 1 rings (SSSR count). The minimum Gasteiger partial charge on any atom is -0.364 e. The zero-order chi connectivity index (χ0) is 7.56. The third-order valence-electron chi connectivity index (χ3n) is 0.929. The molecule has 0 bridgehead atoms. The van der Waals surface area contributed by atoms with Crippen molar-refractivity contribution in [2.45, 2.75) is 0 Å². The molecule has 52 valence electrons. The summed E-state index contributed by atoms with van der Waals surface area (Å²) in [6.07, 6.45) is 1.06. The van der Waals surface area contributed by atoms with Crippen molar-refractivity contribution in [1.82, 2.24) is 10.2 Å². The highest BCUT2D eigenvalue weighted by Gasteiger charge is 1.98. The van der Waals surface area contributed by atoms with E-state index in [1.807, 2.05) is 0 Å². The average molecular weight is 139 g/mol. The molecular weight excluding hydrogens is 134 g/mol. The number of hydrogen-bond donors (Lipinski definition) is 2. The van der Waals surface area contributed by atoms with Crippen molar-refractivity contribution in [2.75, 3.05) is 0 Å². The van der Waals surface area contributed by atoms with Gasteiger partial charge in [0.15, 0.2) is 0 Å². The second kappa shape index (κ2) is 2.30. The van der Waals surface area contributed by atoms with Gasteiger partial charge in [-0.25, -0.2) is 0 Å². The minimum atomic E-state index is -0.690. The quantitative estimate of drug-likeness (QED) is 0.515. The third-order valence-corrected chi connectivity index (χ3v) is 0.929. The predicted octanol–water partition coefficient (Wildman–Crippen LogP) is -1.13. The number of nitrogens with one attached hydrogen (secondary N) is 1. The molecule has 0 fully saturated rings. The Balaban J connectivity index is 3.20. The summed E-state index contributed by atoms with van der Waals surface area (Å²) in [5.41, 5.74) is 4.51. The number of aromatic amines is 1. The molecule has 5 heteroatoms. The van der Waals surface area contributed by atoms with E-state index in [2.05, 4.69) is 10.2 Å². The summed E-state index contributed by atoms with van der Waals surface area (Å²) in [5.74, 6) is -0.690. The van der Waals surface area contributed by atoms with E-state index in [0.29, 0.717) is 0 Å². The summed E-state index contributed by atoms with van der Waals surface area (Å²) in [4.78, 5) is 20.9. The Morgan fingerprint density at radius 2 is 2.40 bits per heavy atom. The normalized spacial score (nSPS) is 9.20. The summed E-state index contributed by atoms with van der Waals surface area (Å²) in [5, 5.41) is 5.65. The monoisotopic (exact) mass is 139 g/mol. The first-order valence-corrected chi connectivity index (χ1v) is 2.54. The Bertz CT molecular complexity index is 304. The Morgan fingerprint density at radius 3 is 2.80 bits per heavy atom. The Morgan fingerprint density at radius 1 is 1.70 bits per heavy atom. The Kier molecular flexibility index (Phi) is 1.49. The van der Waals surface area contributed by atoms with Gasteiger partial charge < -0.3 is 5.73 Å². The first-order valence-electron chi connectivity index (χ1n) is 2.54. The van der Waals surface area contributed by atoms with Crippen molar-refractivity contribution in [1.29, 1.82) is 0 Å². The van der Waals surface area contributed by atoms with Gasteiger partial charge in [0, 0.05) is 6.07 Å². The molecule has 0 saturated carbocycles. The van der Waals surface area contributed by atoms with E-state index in [1.54, 1.807) is 0 Å². The molecule has 3 N–H and O–H groups in total. The van der Waals surface area contributed by atoms with Gasteiger partial charge in [0.1, 0.15) is 5.69 Å². The fourth-order valence-electron chi connectivity index (χ4n) is 0.503. The van der Waals surface area contributed by atoms with Gasteiger partial charge in [-0.2, -0.15) is 5.10 Å². The Labute approximate surface area is 55.9 Å². The number of rotatable bonds is 1. The number of H-pyrrole nitrogens is 1. The molecule has 1 heterocycles. The third kappa shape index (κ3) is 1.19. The smallest absolute Gasteiger partial charge is 0.266 e. The van der Waals surface area contributed by atoms with E-state index < -0.39 is 5.91 Å². The van der Waals surface area contributed by atoms with Gasteiger partial charge in [0.25, 0.3) is 5.91 Å². The summed E-state index contributed by atoms with van der Waals surface area (Å²) in [7, 11) is 0. The van der Waals surface area contributed by atoms with Crippen LogP contribution in [0.25, 0.3) is 0 Å². The fraction of sp³-hybridized carbons (Fsp3) is 0. The van der Waals surface area contributed by atoms with Crippen LogP contribution in [0.2, 0.25) is 0 Å². The fourth-order valence-corrected chi connectivity index (χ4v) is 0.503. The summed E-state index contributed by atoms with van der Waals surface area (Å²) in [6.45, 7) is 0. The lowest BCUT2D eigenvalue weighted by Gasteiger charge is -1.89. The predicted molar refractivity (Wildman–Crippen MR) is 33.4 cm³/mol. The first-order chi connectivity index (χ1) is 4.70. The van der Waals surface area contributed by atoms with E-state index in [4.69, 9.17) is 5.73 Å². The van der Waals surface area contributed by atoms with Crippen molar-refractivity contribution < 1.29 is 4.79 Å². The Hall–Kier alpha value is -1.65. The molecule has 0 aliphatic carbocycles. The van der Waals surface area contributed by atoms with Gasteiger partial charge in [-0.1, -0.05) is 0 Å². The molecule has 0 unspecified atom stereocenters. The van der Waals surface area contributed by atoms with Gasteiger partial charge in [0.05, 0.1) is 6.20 Å². The average Bonchev–Trinajstić information content (AvgIpc) is 1.88. The maximum absolute atomic E-state index is 10.5. The molecule has 0 atom stereocenters. The van der Waals surface area contributed by atoms with E-state index in [9.17, 15) is 9.59 Å². The zero-order valence-electron chi connectivity index (χ0n) is 5.00. The van der Waals surface area contributed by atoms with Crippen LogP contribution in [0, 0.1) is 0 Å². The number of hydrogen-bond acceptors (Lipinski definition) is 3. The van der Waals surface area contributed by atoms with Gasteiger partial charge in [-0.05, 0) is 0 Å². The molecule has 0 aliphatic heterocycles. The molecule has 5 nitrogen and oxygen atoms in total. The maximum Gasteiger partial charge on any atom is 0.266 e. The number of nitrogens with zero attached hydrogens (tertiary/aromatic N) is 1. The van der Waals surface area contributed by atoms with Crippen LogP contribution in [-0.4, -0.2) is 16.1 Å². The highest BCUT2D eigenvalue weighted by molar-refractivity contribution is 5.90. The number of primary amides is 1. The molecule has 1 amide bonds. The molecule has 0 aromatic carbocycles. The first kappa shape index (κ1) is 6.47. The number of carbonyl (C=O) groups excluding carboxylic acids is 1. The number of amides is 1.